The summed E-state index contributed by atoms with van der Waals surface area (Å²) in [6.07, 6.45) is 2.17. The van der Waals surface area contributed by atoms with Gasteiger partial charge in [0.1, 0.15) is 11.4 Å². The number of hydrogen-bond acceptors (Lipinski definition) is 8. The predicted molar refractivity (Wildman–Crippen MR) is 161 cm³/mol. The summed E-state index contributed by atoms with van der Waals surface area (Å²) in [6.45, 7) is 3.69. The van der Waals surface area contributed by atoms with Gasteiger partial charge in [0.2, 0.25) is 0 Å². The molecule has 0 bridgehead atoms. The summed E-state index contributed by atoms with van der Waals surface area (Å²) in [7, 11) is 8.22. The molecule has 0 spiro atoms. The summed E-state index contributed by atoms with van der Waals surface area (Å²) in [6, 6.07) is 20.2. The van der Waals surface area contributed by atoms with Crippen LogP contribution in [0, 0.1) is 0 Å². The Bertz CT molecular complexity index is 1320. The molecule has 1 fully saturated rings. The van der Waals surface area contributed by atoms with E-state index in [0.29, 0.717) is 42.5 Å². The third-order valence-electron chi connectivity index (χ3n) is 7.75. The zero-order chi connectivity index (χ0) is 29.4. The van der Waals surface area contributed by atoms with Crippen LogP contribution in [0.15, 0.2) is 65.7 Å². The van der Waals surface area contributed by atoms with E-state index in [1.54, 1.807) is 35.5 Å². The molecule has 3 aromatic carbocycles. The van der Waals surface area contributed by atoms with E-state index in [4.69, 9.17) is 28.7 Å². The third kappa shape index (κ3) is 7.31. The van der Waals surface area contributed by atoms with Crippen molar-refractivity contribution in [2.24, 2.45) is 4.99 Å². The van der Waals surface area contributed by atoms with E-state index in [2.05, 4.69) is 23.1 Å². The van der Waals surface area contributed by atoms with E-state index in [1.165, 1.54) is 5.56 Å². The van der Waals surface area contributed by atoms with Crippen LogP contribution in [0.2, 0.25) is 0 Å². The van der Waals surface area contributed by atoms with E-state index >= 15 is 0 Å². The average Bonchev–Trinajstić information content (AvgIpc) is 3.00. The van der Waals surface area contributed by atoms with Gasteiger partial charge < -0.3 is 28.8 Å². The van der Waals surface area contributed by atoms with Gasteiger partial charge in [-0.05, 0) is 72.9 Å². The monoisotopic (exact) mass is 562 g/mol. The van der Waals surface area contributed by atoms with Crippen LogP contribution in [0.4, 0.5) is 0 Å². The van der Waals surface area contributed by atoms with Crippen molar-refractivity contribution >= 4 is 5.71 Å². The summed E-state index contributed by atoms with van der Waals surface area (Å²) >= 11 is 0. The van der Waals surface area contributed by atoms with Gasteiger partial charge in [-0.15, -0.1) is 0 Å². The molecule has 220 valence electrons. The zero-order valence-corrected chi connectivity index (χ0v) is 25.0. The Labute approximate surface area is 243 Å². The molecule has 1 aliphatic heterocycles. The fourth-order valence-corrected chi connectivity index (χ4v) is 5.42. The second-order valence-corrected chi connectivity index (χ2v) is 10.4. The Morgan fingerprint density at radius 1 is 0.756 bits per heavy atom. The standard InChI is InChI=1S/C33H42N2O6/c1-33(36)22-35(18-16-24-8-14-29(39-4)31(20-24)41-6)27(25-9-11-26(37-2)12-10-25)21-32(33)34-17-15-23-7-13-28(38-3)30(19-23)40-5/h7-14,19-20,27,36H,15-18,21-22H2,1-6H3. The van der Waals surface area contributed by atoms with Crippen molar-refractivity contribution in [1.82, 2.24) is 4.90 Å². The maximum absolute atomic E-state index is 11.6. The molecule has 2 unspecified atom stereocenters. The van der Waals surface area contributed by atoms with E-state index < -0.39 is 5.60 Å². The van der Waals surface area contributed by atoms with Gasteiger partial charge in [-0.3, -0.25) is 9.89 Å². The Morgan fingerprint density at radius 2 is 1.32 bits per heavy atom. The SMILES string of the molecule is COc1ccc(C2CC(=NCCc3ccc(OC)c(OC)c3)C(C)(O)CN2CCc2ccc(OC)c(OC)c2)cc1. The van der Waals surface area contributed by atoms with Crippen LogP contribution in [-0.2, 0) is 12.8 Å². The normalized spacial score (nSPS) is 20.1. The second-order valence-electron chi connectivity index (χ2n) is 10.4. The molecule has 1 N–H and O–H groups in total. The fraction of sp³-hybridized carbons (Fsp3) is 0.424. The largest absolute Gasteiger partial charge is 0.497 e. The molecular weight excluding hydrogens is 520 g/mol. The summed E-state index contributed by atoms with van der Waals surface area (Å²) in [4.78, 5) is 7.30. The van der Waals surface area contributed by atoms with Gasteiger partial charge in [-0.2, -0.15) is 0 Å². The summed E-state index contributed by atoms with van der Waals surface area (Å²) in [5.74, 6) is 3.64. The van der Waals surface area contributed by atoms with Gasteiger partial charge in [0.15, 0.2) is 23.0 Å². The van der Waals surface area contributed by atoms with Crippen molar-refractivity contribution < 1.29 is 28.8 Å². The lowest BCUT2D eigenvalue weighted by atomic mass is 9.84. The maximum Gasteiger partial charge on any atom is 0.160 e. The lowest BCUT2D eigenvalue weighted by molar-refractivity contribution is 0.0369. The number of ether oxygens (including phenoxy) is 5. The van der Waals surface area contributed by atoms with Gasteiger partial charge in [-0.25, -0.2) is 0 Å². The first-order valence-electron chi connectivity index (χ1n) is 13.9. The van der Waals surface area contributed by atoms with E-state index in [-0.39, 0.29) is 6.04 Å². The summed E-state index contributed by atoms with van der Waals surface area (Å²) in [5, 5.41) is 11.6. The van der Waals surface area contributed by atoms with Crippen molar-refractivity contribution in [2.45, 2.75) is 37.8 Å². The highest BCUT2D eigenvalue weighted by Gasteiger charge is 2.40. The molecule has 8 heteroatoms. The molecule has 3 aromatic rings. The van der Waals surface area contributed by atoms with Gasteiger partial charge in [0, 0.05) is 37.8 Å². The van der Waals surface area contributed by atoms with Gasteiger partial charge in [-0.1, -0.05) is 24.3 Å². The van der Waals surface area contributed by atoms with Crippen molar-refractivity contribution in [3.63, 3.8) is 0 Å². The van der Waals surface area contributed by atoms with Crippen molar-refractivity contribution in [3.8, 4) is 28.7 Å². The predicted octanol–water partition coefficient (Wildman–Crippen LogP) is 5.15. The summed E-state index contributed by atoms with van der Waals surface area (Å²) < 4.78 is 27.1. The molecule has 8 nitrogen and oxygen atoms in total. The van der Waals surface area contributed by atoms with Gasteiger partial charge in [0.05, 0.1) is 35.5 Å². The molecule has 1 saturated heterocycles. The fourth-order valence-electron chi connectivity index (χ4n) is 5.42. The Kier molecular flexibility index (Phi) is 10.1. The number of likely N-dealkylation sites (tertiary alicyclic amines) is 1. The molecule has 0 amide bonds. The topological polar surface area (TPSA) is 82.0 Å². The number of hydrogen-bond donors (Lipinski definition) is 1. The van der Waals surface area contributed by atoms with Crippen molar-refractivity contribution in [2.75, 3.05) is 55.2 Å². The highest BCUT2D eigenvalue weighted by Crippen LogP contribution is 2.36. The van der Waals surface area contributed by atoms with Crippen LogP contribution < -0.4 is 23.7 Å². The highest BCUT2D eigenvalue weighted by molar-refractivity contribution is 5.93. The second kappa shape index (κ2) is 13.7. The molecule has 0 saturated carbocycles. The zero-order valence-electron chi connectivity index (χ0n) is 25.0. The van der Waals surface area contributed by atoms with Crippen LogP contribution in [-0.4, -0.2) is 76.5 Å². The molecule has 0 aliphatic carbocycles. The number of aliphatic hydroxyl groups is 1. The molecular formula is C33H42N2O6. The average molecular weight is 563 g/mol. The quantitative estimate of drug-likeness (QED) is 0.327. The number of aliphatic imine (C=N–C) groups is 1. The van der Waals surface area contributed by atoms with E-state index in [9.17, 15) is 5.11 Å². The number of nitrogens with zero attached hydrogens (tertiary/aromatic N) is 2. The van der Waals surface area contributed by atoms with Crippen LogP contribution >= 0.6 is 0 Å². The Morgan fingerprint density at radius 3 is 1.85 bits per heavy atom. The number of rotatable bonds is 12. The lowest BCUT2D eigenvalue weighted by Crippen LogP contribution is -2.54. The first-order valence-corrected chi connectivity index (χ1v) is 13.9. The molecule has 41 heavy (non-hydrogen) atoms. The smallest absolute Gasteiger partial charge is 0.160 e. The highest BCUT2D eigenvalue weighted by atomic mass is 16.5. The van der Waals surface area contributed by atoms with Crippen molar-refractivity contribution in [3.05, 3.63) is 77.4 Å². The van der Waals surface area contributed by atoms with Crippen LogP contribution in [0.25, 0.3) is 0 Å². The third-order valence-corrected chi connectivity index (χ3v) is 7.75. The van der Waals surface area contributed by atoms with Gasteiger partial charge in [0.25, 0.3) is 0 Å². The molecule has 0 radical (unpaired) electrons. The lowest BCUT2D eigenvalue weighted by Gasteiger charge is -2.44. The van der Waals surface area contributed by atoms with Crippen LogP contribution in [0.1, 0.15) is 36.1 Å². The maximum atomic E-state index is 11.6. The number of piperidine rings is 1. The summed E-state index contributed by atoms with van der Waals surface area (Å²) in [5.41, 5.74) is 3.19. The molecule has 1 aliphatic rings. The molecule has 0 aromatic heterocycles. The molecule has 4 rings (SSSR count). The minimum absolute atomic E-state index is 0.0705. The van der Waals surface area contributed by atoms with Crippen LogP contribution in [0.3, 0.4) is 0 Å². The van der Waals surface area contributed by atoms with Crippen molar-refractivity contribution in [1.29, 1.82) is 0 Å². The minimum atomic E-state index is -1.04. The minimum Gasteiger partial charge on any atom is -0.497 e. The van der Waals surface area contributed by atoms with E-state index in [1.807, 2.05) is 49.4 Å². The number of benzene rings is 3. The van der Waals surface area contributed by atoms with E-state index in [0.717, 1.165) is 42.0 Å². The Hall–Kier alpha value is -3.75. The molecule has 2 atom stereocenters. The number of β-amino-alcohol motifs (C(OH)–C–C–N with tert-alkyl or cyclic N) is 1. The Balaban J connectivity index is 1.54. The first kappa shape index (κ1) is 30.2. The molecule has 1 heterocycles. The first-order chi connectivity index (χ1) is 19.8. The number of methoxy groups -OCH3 is 5. The van der Waals surface area contributed by atoms with Crippen LogP contribution in [0.5, 0.6) is 28.7 Å². The van der Waals surface area contributed by atoms with Gasteiger partial charge >= 0.3 is 0 Å².